The smallest absolute Gasteiger partial charge is 0.335 e. The second kappa shape index (κ2) is 7.49. The molecule has 3 aromatic carbocycles. The van der Waals surface area contributed by atoms with E-state index in [9.17, 15) is 22.7 Å². The molecule has 6 nitrogen and oxygen atoms in total. The van der Waals surface area contributed by atoms with Gasteiger partial charge in [-0.1, -0.05) is 48.0 Å². The van der Waals surface area contributed by atoms with Gasteiger partial charge in [-0.25, -0.2) is 17.6 Å². The normalized spacial score (nSPS) is 11.2. The maximum atomic E-state index is 14.2. The minimum atomic E-state index is -4.53. The van der Waals surface area contributed by atoms with E-state index in [0.29, 0.717) is 5.56 Å². The molecule has 0 aliphatic heterocycles. The molecule has 3 aromatic rings. The van der Waals surface area contributed by atoms with Gasteiger partial charge in [0.1, 0.15) is 10.7 Å². The molecular weight excluding hydrogens is 409 g/mol. The summed E-state index contributed by atoms with van der Waals surface area (Å²) in [7, 11) is -4.53. The van der Waals surface area contributed by atoms with Crippen molar-refractivity contribution in [3.63, 3.8) is 0 Å². The Morgan fingerprint density at radius 1 is 1.00 bits per heavy atom. The van der Waals surface area contributed by atoms with Gasteiger partial charge in [-0.2, -0.15) is 0 Å². The molecule has 0 amide bonds. The molecule has 9 heteroatoms. The average molecular weight is 422 g/mol. The molecule has 0 saturated carbocycles. The van der Waals surface area contributed by atoms with Crippen molar-refractivity contribution in [2.24, 2.45) is 0 Å². The lowest BCUT2D eigenvalue weighted by Crippen LogP contribution is -2.15. The molecule has 0 atom stereocenters. The van der Waals surface area contributed by atoms with Gasteiger partial charge in [0.25, 0.3) is 10.0 Å². The van der Waals surface area contributed by atoms with Crippen molar-refractivity contribution in [3.05, 3.63) is 77.1 Å². The van der Waals surface area contributed by atoms with Gasteiger partial charge in [0.15, 0.2) is 5.75 Å². The number of phenolic OH excluding ortho intramolecular Hbond substituents is 1. The minimum absolute atomic E-state index is 0.363. The van der Waals surface area contributed by atoms with Gasteiger partial charge < -0.3 is 10.2 Å². The van der Waals surface area contributed by atoms with Crippen LogP contribution in [0.25, 0.3) is 11.1 Å². The topological polar surface area (TPSA) is 104 Å². The van der Waals surface area contributed by atoms with Gasteiger partial charge in [-0.05, 0) is 35.4 Å². The molecule has 0 saturated heterocycles. The van der Waals surface area contributed by atoms with Gasteiger partial charge >= 0.3 is 5.97 Å². The number of nitrogens with one attached hydrogen (secondary N) is 1. The van der Waals surface area contributed by atoms with Crippen molar-refractivity contribution in [2.75, 3.05) is 4.72 Å². The second-order valence-electron chi connectivity index (χ2n) is 5.78. The van der Waals surface area contributed by atoms with Gasteiger partial charge in [0, 0.05) is 0 Å². The Morgan fingerprint density at radius 3 is 2.32 bits per heavy atom. The standard InChI is InChI=1S/C19H13ClFNO5S/c20-14-8-13(19(24)25)10-17(18(14)23)28(26,27)22-16-9-12(6-7-15(16)21)11-4-2-1-3-5-11/h1-10,22-23H,(H,24,25). The first-order valence-corrected chi connectivity index (χ1v) is 9.69. The van der Waals surface area contributed by atoms with Crippen molar-refractivity contribution in [1.29, 1.82) is 0 Å². The fourth-order valence-electron chi connectivity index (χ4n) is 2.52. The highest BCUT2D eigenvalue weighted by Crippen LogP contribution is 2.34. The number of carbonyl (C=O) groups is 1. The van der Waals surface area contributed by atoms with E-state index in [2.05, 4.69) is 0 Å². The SMILES string of the molecule is O=C(O)c1cc(Cl)c(O)c(S(=O)(=O)Nc2cc(-c3ccccc3)ccc2F)c1. The van der Waals surface area contributed by atoms with Gasteiger partial charge in [-0.15, -0.1) is 0 Å². The largest absolute Gasteiger partial charge is 0.505 e. The number of anilines is 1. The molecule has 0 radical (unpaired) electrons. The van der Waals surface area contributed by atoms with Crippen molar-refractivity contribution in [1.82, 2.24) is 0 Å². The Balaban J connectivity index is 2.05. The molecule has 0 unspecified atom stereocenters. The van der Waals surface area contributed by atoms with Gasteiger partial charge in [-0.3, -0.25) is 4.72 Å². The number of benzene rings is 3. The molecule has 0 spiro atoms. The van der Waals surface area contributed by atoms with Crippen LogP contribution in [0.2, 0.25) is 5.02 Å². The van der Waals surface area contributed by atoms with E-state index in [1.807, 2.05) is 4.72 Å². The maximum Gasteiger partial charge on any atom is 0.335 e. The summed E-state index contributed by atoms with van der Waals surface area (Å²) in [6, 6.07) is 14.4. The van der Waals surface area contributed by atoms with Crippen LogP contribution in [0.3, 0.4) is 0 Å². The Hall–Kier alpha value is -3.10. The summed E-state index contributed by atoms with van der Waals surface area (Å²) < 4.78 is 41.6. The lowest BCUT2D eigenvalue weighted by molar-refractivity contribution is 0.0696. The number of sulfonamides is 1. The Morgan fingerprint density at radius 2 is 1.68 bits per heavy atom. The monoisotopic (exact) mass is 421 g/mol. The zero-order valence-corrected chi connectivity index (χ0v) is 15.6. The van der Waals surface area contributed by atoms with Crippen LogP contribution in [0.5, 0.6) is 5.75 Å². The Kier molecular flexibility index (Phi) is 5.26. The summed E-state index contributed by atoms with van der Waals surface area (Å²) >= 11 is 5.73. The van der Waals surface area contributed by atoms with E-state index in [4.69, 9.17) is 16.7 Å². The molecular formula is C19H13ClFNO5S. The average Bonchev–Trinajstić information content (AvgIpc) is 2.65. The van der Waals surface area contributed by atoms with Crippen LogP contribution in [-0.4, -0.2) is 24.6 Å². The summed E-state index contributed by atoms with van der Waals surface area (Å²) in [5.74, 6) is -3.11. The fraction of sp³-hybridized carbons (Fsp3) is 0. The van der Waals surface area contributed by atoms with Crippen LogP contribution < -0.4 is 4.72 Å². The molecule has 3 N–H and O–H groups in total. The van der Waals surface area contributed by atoms with Crippen molar-refractivity contribution in [3.8, 4) is 16.9 Å². The summed E-state index contributed by atoms with van der Waals surface area (Å²) in [5.41, 5.74) is 0.488. The van der Waals surface area contributed by atoms with Crippen molar-refractivity contribution < 1.29 is 27.8 Å². The van der Waals surface area contributed by atoms with Crippen LogP contribution in [0.4, 0.5) is 10.1 Å². The lowest BCUT2D eigenvalue weighted by Gasteiger charge is -2.13. The zero-order chi connectivity index (χ0) is 20.5. The molecule has 28 heavy (non-hydrogen) atoms. The number of aromatic hydroxyl groups is 1. The van der Waals surface area contributed by atoms with Crippen LogP contribution in [-0.2, 0) is 10.0 Å². The van der Waals surface area contributed by atoms with Crippen LogP contribution in [0.1, 0.15) is 10.4 Å². The number of rotatable bonds is 5. The highest BCUT2D eigenvalue weighted by molar-refractivity contribution is 7.92. The van der Waals surface area contributed by atoms with E-state index in [1.54, 1.807) is 30.3 Å². The van der Waals surface area contributed by atoms with Crippen LogP contribution in [0.15, 0.2) is 65.6 Å². The number of aromatic carboxylic acids is 1. The predicted molar refractivity (Wildman–Crippen MR) is 103 cm³/mol. The van der Waals surface area contributed by atoms with E-state index >= 15 is 0 Å². The molecule has 0 aliphatic carbocycles. The molecule has 0 heterocycles. The molecule has 0 aromatic heterocycles. The zero-order valence-electron chi connectivity index (χ0n) is 14.1. The van der Waals surface area contributed by atoms with E-state index in [-0.39, 0.29) is 5.69 Å². The quantitative estimate of drug-likeness (QED) is 0.568. The van der Waals surface area contributed by atoms with Crippen LogP contribution in [0, 0.1) is 5.82 Å². The van der Waals surface area contributed by atoms with Crippen molar-refractivity contribution in [2.45, 2.75) is 4.90 Å². The van der Waals surface area contributed by atoms with E-state index in [1.165, 1.54) is 12.1 Å². The van der Waals surface area contributed by atoms with E-state index in [0.717, 1.165) is 23.8 Å². The Labute approximate surface area is 164 Å². The number of hydrogen-bond donors (Lipinski definition) is 3. The third kappa shape index (κ3) is 3.92. The number of carboxylic acid groups (broad SMARTS) is 1. The molecule has 144 valence electrons. The first kappa shape index (κ1) is 19.7. The third-order valence-electron chi connectivity index (χ3n) is 3.88. The lowest BCUT2D eigenvalue weighted by atomic mass is 10.1. The number of phenols is 1. The van der Waals surface area contributed by atoms with Crippen LogP contribution >= 0.6 is 11.6 Å². The third-order valence-corrected chi connectivity index (χ3v) is 5.55. The first-order valence-electron chi connectivity index (χ1n) is 7.82. The fourth-order valence-corrected chi connectivity index (χ4v) is 3.99. The molecule has 0 bridgehead atoms. The first-order chi connectivity index (χ1) is 13.2. The van der Waals surface area contributed by atoms with Gasteiger partial charge in [0.05, 0.1) is 16.3 Å². The number of hydrogen-bond acceptors (Lipinski definition) is 4. The highest BCUT2D eigenvalue weighted by atomic mass is 35.5. The highest BCUT2D eigenvalue weighted by Gasteiger charge is 2.24. The summed E-state index contributed by atoms with van der Waals surface area (Å²) in [5, 5.41) is 18.6. The predicted octanol–water partition coefficient (Wildman–Crippen LogP) is 4.35. The summed E-state index contributed by atoms with van der Waals surface area (Å²) in [4.78, 5) is 10.4. The number of carboxylic acids is 1. The van der Waals surface area contributed by atoms with Crippen molar-refractivity contribution >= 4 is 33.3 Å². The minimum Gasteiger partial charge on any atom is -0.505 e. The maximum absolute atomic E-state index is 14.2. The summed E-state index contributed by atoms with van der Waals surface area (Å²) in [6.07, 6.45) is 0. The van der Waals surface area contributed by atoms with Gasteiger partial charge in [0.2, 0.25) is 0 Å². The Bertz CT molecular complexity index is 1170. The molecule has 0 fully saturated rings. The molecule has 0 aliphatic rings. The number of halogens is 2. The summed E-state index contributed by atoms with van der Waals surface area (Å²) in [6.45, 7) is 0. The molecule has 3 rings (SSSR count). The van der Waals surface area contributed by atoms with E-state index < -0.39 is 43.0 Å². The second-order valence-corrected chi connectivity index (χ2v) is 7.83.